The van der Waals surface area contributed by atoms with Gasteiger partial charge in [-0.05, 0) is 32.4 Å². The molecular formula is C16H28N4O2. The van der Waals surface area contributed by atoms with Crippen LogP contribution in [0.2, 0.25) is 0 Å². The fourth-order valence-corrected chi connectivity index (χ4v) is 2.71. The summed E-state index contributed by atoms with van der Waals surface area (Å²) < 4.78 is 5.67. The van der Waals surface area contributed by atoms with E-state index in [0.717, 1.165) is 32.6 Å². The van der Waals surface area contributed by atoms with E-state index in [2.05, 4.69) is 20.4 Å². The molecule has 0 radical (unpaired) electrons. The first kappa shape index (κ1) is 16.9. The van der Waals surface area contributed by atoms with Crippen LogP contribution in [0, 0.1) is 0 Å². The van der Waals surface area contributed by atoms with Crippen molar-refractivity contribution in [3.8, 4) is 0 Å². The molecule has 0 aliphatic carbocycles. The zero-order valence-electron chi connectivity index (χ0n) is 14.0. The molecule has 1 amide bonds. The predicted molar refractivity (Wildman–Crippen MR) is 84.7 cm³/mol. The Bertz CT molecular complexity index is 466. The summed E-state index contributed by atoms with van der Waals surface area (Å²) in [7, 11) is 0. The van der Waals surface area contributed by atoms with Gasteiger partial charge in [0.1, 0.15) is 0 Å². The summed E-state index contributed by atoms with van der Waals surface area (Å²) in [5.74, 6) is 1.51. The van der Waals surface area contributed by atoms with Crippen LogP contribution < -0.4 is 5.32 Å². The molecule has 1 aliphatic rings. The molecule has 1 fully saturated rings. The number of rotatable bonds is 8. The molecule has 22 heavy (non-hydrogen) atoms. The summed E-state index contributed by atoms with van der Waals surface area (Å²) in [6.07, 6.45) is 3.79. The SMILES string of the molecule is CCC(CC(=O)NCCN1CCCC1)c1nnc(C(C)C)o1. The highest BCUT2D eigenvalue weighted by Gasteiger charge is 2.21. The number of carbonyl (C=O) groups is 1. The van der Waals surface area contributed by atoms with E-state index in [1.54, 1.807) is 0 Å². The minimum Gasteiger partial charge on any atom is -0.425 e. The third-order valence-electron chi connectivity index (χ3n) is 4.17. The van der Waals surface area contributed by atoms with Crippen LogP contribution in [0.5, 0.6) is 0 Å². The van der Waals surface area contributed by atoms with Gasteiger partial charge in [-0.15, -0.1) is 10.2 Å². The average molecular weight is 308 g/mol. The van der Waals surface area contributed by atoms with Crippen molar-refractivity contribution in [2.24, 2.45) is 0 Å². The molecule has 1 aliphatic heterocycles. The van der Waals surface area contributed by atoms with Gasteiger partial charge in [0, 0.05) is 31.3 Å². The van der Waals surface area contributed by atoms with Crippen molar-refractivity contribution >= 4 is 5.91 Å². The number of nitrogens with one attached hydrogen (secondary N) is 1. The Labute approximate surface area is 132 Å². The van der Waals surface area contributed by atoms with Crippen molar-refractivity contribution in [1.82, 2.24) is 20.4 Å². The molecule has 6 nitrogen and oxygen atoms in total. The van der Waals surface area contributed by atoms with Gasteiger partial charge in [0.25, 0.3) is 0 Å². The zero-order chi connectivity index (χ0) is 15.9. The third kappa shape index (κ3) is 4.80. The van der Waals surface area contributed by atoms with Crippen molar-refractivity contribution in [3.05, 3.63) is 11.8 Å². The number of likely N-dealkylation sites (tertiary alicyclic amines) is 1. The molecule has 1 saturated heterocycles. The van der Waals surface area contributed by atoms with Crippen LogP contribution >= 0.6 is 0 Å². The molecule has 0 saturated carbocycles. The van der Waals surface area contributed by atoms with Crippen LogP contribution in [0.3, 0.4) is 0 Å². The van der Waals surface area contributed by atoms with E-state index in [1.807, 2.05) is 20.8 Å². The van der Waals surface area contributed by atoms with Gasteiger partial charge in [-0.3, -0.25) is 4.79 Å². The Morgan fingerprint density at radius 3 is 2.55 bits per heavy atom. The van der Waals surface area contributed by atoms with Crippen molar-refractivity contribution in [2.75, 3.05) is 26.2 Å². The maximum absolute atomic E-state index is 12.1. The number of nitrogens with zero attached hydrogens (tertiary/aromatic N) is 3. The molecule has 1 aromatic heterocycles. The fourth-order valence-electron chi connectivity index (χ4n) is 2.71. The highest BCUT2D eigenvalue weighted by molar-refractivity contribution is 5.76. The molecule has 0 bridgehead atoms. The Morgan fingerprint density at radius 1 is 1.27 bits per heavy atom. The second-order valence-electron chi connectivity index (χ2n) is 6.34. The van der Waals surface area contributed by atoms with E-state index in [1.165, 1.54) is 12.8 Å². The maximum atomic E-state index is 12.1. The molecule has 6 heteroatoms. The Morgan fingerprint density at radius 2 is 1.95 bits per heavy atom. The quantitative estimate of drug-likeness (QED) is 0.798. The predicted octanol–water partition coefficient (Wildman–Crippen LogP) is 2.29. The fraction of sp³-hybridized carbons (Fsp3) is 0.812. The van der Waals surface area contributed by atoms with E-state index < -0.39 is 0 Å². The summed E-state index contributed by atoms with van der Waals surface area (Å²) in [5, 5.41) is 11.2. The number of carbonyl (C=O) groups excluding carboxylic acids is 1. The third-order valence-corrected chi connectivity index (χ3v) is 4.17. The monoisotopic (exact) mass is 308 g/mol. The molecule has 2 rings (SSSR count). The van der Waals surface area contributed by atoms with Gasteiger partial charge in [-0.1, -0.05) is 20.8 Å². The molecule has 1 aromatic rings. The standard InChI is InChI=1S/C16H28N4O2/c1-4-13(16-19-18-15(22-16)12(2)3)11-14(21)17-7-10-20-8-5-6-9-20/h12-13H,4-11H2,1-3H3,(H,17,21). The van der Waals surface area contributed by atoms with Crippen molar-refractivity contribution < 1.29 is 9.21 Å². The molecule has 2 heterocycles. The lowest BCUT2D eigenvalue weighted by atomic mass is 10.0. The van der Waals surface area contributed by atoms with Gasteiger partial charge in [0.05, 0.1) is 0 Å². The van der Waals surface area contributed by atoms with Crippen LogP contribution in [0.25, 0.3) is 0 Å². The first-order valence-electron chi connectivity index (χ1n) is 8.42. The van der Waals surface area contributed by atoms with Crippen LogP contribution in [-0.2, 0) is 4.79 Å². The second-order valence-corrected chi connectivity index (χ2v) is 6.34. The highest BCUT2D eigenvalue weighted by atomic mass is 16.4. The number of hydrogen-bond acceptors (Lipinski definition) is 5. The largest absolute Gasteiger partial charge is 0.425 e. The molecule has 124 valence electrons. The van der Waals surface area contributed by atoms with Gasteiger partial charge >= 0.3 is 0 Å². The van der Waals surface area contributed by atoms with Gasteiger partial charge in [0.15, 0.2) is 0 Å². The smallest absolute Gasteiger partial charge is 0.220 e. The molecular weight excluding hydrogens is 280 g/mol. The average Bonchev–Trinajstić information content (AvgIpc) is 3.16. The first-order chi connectivity index (χ1) is 10.6. The Balaban J connectivity index is 1.77. The topological polar surface area (TPSA) is 71.3 Å². The van der Waals surface area contributed by atoms with Gasteiger partial charge in [0.2, 0.25) is 17.7 Å². The van der Waals surface area contributed by atoms with Crippen LogP contribution in [0.1, 0.15) is 70.1 Å². The number of hydrogen-bond donors (Lipinski definition) is 1. The van der Waals surface area contributed by atoms with Crippen molar-refractivity contribution in [1.29, 1.82) is 0 Å². The number of amides is 1. The summed E-state index contributed by atoms with van der Waals surface area (Å²) in [6.45, 7) is 10.1. The van der Waals surface area contributed by atoms with Crippen molar-refractivity contribution in [2.45, 2.75) is 58.3 Å². The highest BCUT2D eigenvalue weighted by Crippen LogP contribution is 2.24. The lowest BCUT2D eigenvalue weighted by Gasteiger charge is -2.15. The summed E-state index contributed by atoms with van der Waals surface area (Å²) in [4.78, 5) is 14.5. The molecule has 0 spiro atoms. The molecule has 1 N–H and O–H groups in total. The van der Waals surface area contributed by atoms with Crippen LogP contribution in [0.15, 0.2) is 4.42 Å². The second kappa shape index (κ2) is 8.27. The van der Waals surface area contributed by atoms with E-state index in [4.69, 9.17) is 4.42 Å². The Hall–Kier alpha value is -1.43. The lowest BCUT2D eigenvalue weighted by molar-refractivity contribution is -0.121. The van der Waals surface area contributed by atoms with Gasteiger partial charge in [-0.2, -0.15) is 0 Å². The zero-order valence-corrected chi connectivity index (χ0v) is 14.0. The number of aromatic nitrogens is 2. The minimum absolute atomic E-state index is 0.00628. The molecule has 0 aromatic carbocycles. The lowest BCUT2D eigenvalue weighted by Crippen LogP contribution is -2.34. The Kier molecular flexibility index (Phi) is 6.36. The summed E-state index contributed by atoms with van der Waals surface area (Å²) >= 11 is 0. The van der Waals surface area contributed by atoms with Crippen LogP contribution in [0.4, 0.5) is 0 Å². The van der Waals surface area contributed by atoms with E-state index in [9.17, 15) is 4.79 Å². The van der Waals surface area contributed by atoms with Gasteiger partial charge < -0.3 is 14.6 Å². The van der Waals surface area contributed by atoms with Crippen molar-refractivity contribution in [3.63, 3.8) is 0 Å². The van der Waals surface area contributed by atoms with Crippen LogP contribution in [-0.4, -0.2) is 47.2 Å². The summed E-state index contributed by atoms with van der Waals surface area (Å²) in [6, 6.07) is 0. The minimum atomic E-state index is 0.00628. The normalized spacial score (nSPS) is 17.1. The summed E-state index contributed by atoms with van der Waals surface area (Å²) in [5.41, 5.74) is 0. The van der Waals surface area contributed by atoms with E-state index in [0.29, 0.717) is 18.2 Å². The van der Waals surface area contributed by atoms with Gasteiger partial charge in [-0.25, -0.2) is 0 Å². The molecule has 1 unspecified atom stereocenters. The first-order valence-corrected chi connectivity index (χ1v) is 8.42. The van der Waals surface area contributed by atoms with E-state index >= 15 is 0 Å². The van der Waals surface area contributed by atoms with E-state index in [-0.39, 0.29) is 17.7 Å². The molecule has 1 atom stereocenters. The maximum Gasteiger partial charge on any atom is 0.220 e.